The number of hydrogen-bond acceptors (Lipinski definition) is 5. The van der Waals surface area contributed by atoms with Gasteiger partial charge in [0.2, 0.25) is 0 Å². The van der Waals surface area contributed by atoms with E-state index in [-0.39, 0.29) is 12.5 Å². The fourth-order valence-corrected chi connectivity index (χ4v) is 3.40. The zero-order valence-electron chi connectivity index (χ0n) is 13.9. The summed E-state index contributed by atoms with van der Waals surface area (Å²) in [5.74, 6) is 1.48. The molecular formula is C20H21N3O2. The molecule has 2 atom stereocenters. The van der Waals surface area contributed by atoms with E-state index in [2.05, 4.69) is 4.90 Å². The van der Waals surface area contributed by atoms with E-state index in [1.54, 1.807) is 0 Å². The number of piperidine rings is 1. The Kier molecular flexibility index (Phi) is 4.34. The number of anilines is 1. The predicted molar refractivity (Wildman–Crippen MR) is 98.4 cm³/mol. The van der Waals surface area contributed by atoms with Crippen LogP contribution in [0.15, 0.2) is 54.6 Å². The minimum atomic E-state index is -0.548. The Bertz CT molecular complexity index is 869. The standard InChI is InChI=1S/C20H21N3O2/c24-13-15-10-11-23(12-18(15)25)20-16-8-4-5-9-17(16)21-19(22-20)14-6-2-1-3-7-14/h1-9,15,18,24-25H,10-13H2/t15-,18-/m1/s1. The van der Waals surface area contributed by atoms with Gasteiger partial charge in [-0.3, -0.25) is 0 Å². The smallest absolute Gasteiger partial charge is 0.162 e. The van der Waals surface area contributed by atoms with Gasteiger partial charge in [0, 0.05) is 36.6 Å². The Balaban J connectivity index is 1.80. The second-order valence-electron chi connectivity index (χ2n) is 6.50. The Hall–Kier alpha value is -2.50. The molecule has 5 nitrogen and oxygen atoms in total. The number of aliphatic hydroxyl groups excluding tert-OH is 2. The lowest BCUT2D eigenvalue weighted by Crippen LogP contribution is -2.45. The van der Waals surface area contributed by atoms with E-state index in [1.807, 2.05) is 54.6 Å². The van der Waals surface area contributed by atoms with Crippen LogP contribution in [0.1, 0.15) is 6.42 Å². The molecule has 1 aliphatic rings. The summed E-state index contributed by atoms with van der Waals surface area (Å²) in [5, 5.41) is 20.7. The molecule has 0 bridgehead atoms. The van der Waals surface area contributed by atoms with Crippen molar-refractivity contribution in [3.8, 4) is 11.4 Å². The number of rotatable bonds is 3. The Morgan fingerprint density at radius 3 is 2.52 bits per heavy atom. The first-order chi connectivity index (χ1) is 12.3. The maximum absolute atomic E-state index is 10.3. The highest BCUT2D eigenvalue weighted by atomic mass is 16.3. The molecule has 5 heteroatoms. The molecule has 1 aromatic heterocycles. The van der Waals surface area contributed by atoms with Crippen LogP contribution in [0.2, 0.25) is 0 Å². The second kappa shape index (κ2) is 6.78. The average molecular weight is 335 g/mol. The van der Waals surface area contributed by atoms with Gasteiger partial charge in [0.25, 0.3) is 0 Å². The molecule has 3 aromatic rings. The SMILES string of the molecule is OC[C@H]1CCN(c2nc(-c3ccccc3)nc3ccccc23)C[C@H]1O. The van der Waals surface area contributed by atoms with E-state index in [4.69, 9.17) is 9.97 Å². The highest BCUT2D eigenvalue weighted by molar-refractivity contribution is 5.91. The van der Waals surface area contributed by atoms with Crippen LogP contribution in [0.5, 0.6) is 0 Å². The van der Waals surface area contributed by atoms with E-state index in [1.165, 1.54) is 0 Å². The van der Waals surface area contributed by atoms with E-state index in [0.717, 1.165) is 35.2 Å². The summed E-state index contributed by atoms with van der Waals surface area (Å²) < 4.78 is 0. The first-order valence-electron chi connectivity index (χ1n) is 8.62. The number of benzene rings is 2. The molecular weight excluding hydrogens is 314 g/mol. The number of β-amino-alcohol motifs (C(OH)–C–C–N with tert-alkyl or cyclic N) is 1. The molecule has 128 valence electrons. The van der Waals surface area contributed by atoms with Gasteiger partial charge in [0.15, 0.2) is 5.82 Å². The molecule has 1 saturated heterocycles. The third-order valence-electron chi connectivity index (χ3n) is 4.87. The molecule has 2 heterocycles. The lowest BCUT2D eigenvalue weighted by atomic mass is 9.94. The normalized spacial score (nSPS) is 20.8. The maximum atomic E-state index is 10.3. The van der Waals surface area contributed by atoms with Gasteiger partial charge in [-0.05, 0) is 18.6 Å². The second-order valence-corrected chi connectivity index (χ2v) is 6.50. The average Bonchev–Trinajstić information content (AvgIpc) is 2.67. The van der Waals surface area contributed by atoms with Crippen LogP contribution in [0.3, 0.4) is 0 Å². The van der Waals surface area contributed by atoms with Crippen LogP contribution in [-0.4, -0.2) is 46.0 Å². The minimum absolute atomic E-state index is 0.0226. The predicted octanol–water partition coefficient (Wildman–Crippen LogP) is 2.48. The lowest BCUT2D eigenvalue weighted by Gasteiger charge is -2.36. The molecule has 0 unspecified atom stereocenters. The Morgan fingerprint density at radius 2 is 1.76 bits per heavy atom. The molecule has 2 aromatic carbocycles. The molecule has 25 heavy (non-hydrogen) atoms. The molecule has 0 spiro atoms. The third kappa shape index (κ3) is 3.08. The number of fused-ring (bicyclic) bond motifs is 1. The molecule has 0 saturated carbocycles. The van der Waals surface area contributed by atoms with Crippen molar-refractivity contribution in [2.24, 2.45) is 5.92 Å². The Morgan fingerprint density at radius 1 is 1.00 bits per heavy atom. The van der Waals surface area contributed by atoms with Crippen molar-refractivity contribution in [1.29, 1.82) is 0 Å². The summed E-state index contributed by atoms with van der Waals surface area (Å²) in [4.78, 5) is 11.6. The van der Waals surface area contributed by atoms with Gasteiger partial charge in [0.1, 0.15) is 5.82 Å². The molecule has 1 fully saturated rings. The summed E-state index contributed by atoms with van der Waals surface area (Å²) in [5.41, 5.74) is 1.87. The molecule has 0 aliphatic carbocycles. The van der Waals surface area contributed by atoms with Gasteiger partial charge in [0.05, 0.1) is 11.6 Å². The van der Waals surface area contributed by atoms with Gasteiger partial charge in [-0.25, -0.2) is 9.97 Å². The van der Waals surface area contributed by atoms with Crippen molar-refractivity contribution in [2.75, 3.05) is 24.6 Å². The fourth-order valence-electron chi connectivity index (χ4n) is 3.40. The summed E-state index contributed by atoms with van der Waals surface area (Å²) in [6.07, 6.45) is 0.198. The summed E-state index contributed by atoms with van der Waals surface area (Å²) >= 11 is 0. The quantitative estimate of drug-likeness (QED) is 0.769. The van der Waals surface area contributed by atoms with Crippen molar-refractivity contribution >= 4 is 16.7 Å². The van der Waals surface area contributed by atoms with Crippen LogP contribution < -0.4 is 4.90 Å². The van der Waals surface area contributed by atoms with Crippen molar-refractivity contribution in [2.45, 2.75) is 12.5 Å². The number of hydrogen-bond donors (Lipinski definition) is 2. The van der Waals surface area contributed by atoms with Gasteiger partial charge < -0.3 is 15.1 Å². The van der Waals surface area contributed by atoms with Crippen LogP contribution in [0.4, 0.5) is 5.82 Å². The van der Waals surface area contributed by atoms with E-state index in [0.29, 0.717) is 12.4 Å². The van der Waals surface area contributed by atoms with Gasteiger partial charge in [-0.15, -0.1) is 0 Å². The molecule has 1 aliphatic heterocycles. The number of aromatic nitrogens is 2. The van der Waals surface area contributed by atoms with Crippen LogP contribution in [0.25, 0.3) is 22.3 Å². The molecule has 2 N–H and O–H groups in total. The first kappa shape index (κ1) is 16.0. The fraction of sp³-hybridized carbons (Fsp3) is 0.300. The summed E-state index contributed by atoms with van der Waals surface area (Å²) in [6.45, 7) is 1.26. The maximum Gasteiger partial charge on any atom is 0.162 e. The van der Waals surface area contributed by atoms with Crippen LogP contribution in [0, 0.1) is 5.92 Å². The Labute approximate surface area is 146 Å². The van der Waals surface area contributed by atoms with Crippen LogP contribution >= 0.6 is 0 Å². The lowest BCUT2D eigenvalue weighted by molar-refractivity contribution is 0.0547. The van der Waals surface area contributed by atoms with Crippen molar-refractivity contribution < 1.29 is 10.2 Å². The van der Waals surface area contributed by atoms with Gasteiger partial charge in [-0.1, -0.05) is 42.5 Å². The van der Waals surface area contributed by atoms with E-state index < -0.39 is 6.10 Å². The zero-order valence-corrected chi connectivity index (χ0v) is 13.9. The van der Waals surface area contributed by atoms with E-state index in [9.17, 15) is 10.2 Å². The zero-order chi connectivity index (χ0) is 17.2. The summed E-state index contributed by atoms with van der Waals surface area (Å²) in [7, 11) is 0. The highest BCUT2D eigenvalue weighted by Gasteiger charge is 2.29. The summed E-state index contributed by atoms with van der Waals surface area (Å²) in [6, 6.07) is 17.9. The van der Waals surface area contributed by atoms with Crippen molar-refractivity contribution in [3.05, 3.63) is 54.6 Å². The number of aliphatic hydroxyl groups is 2. The minimum Gasteiger partial charge on any atom is -0.396 e. The highest BCUT2D eigenvalue weighted by Crippen LogP contribution is 2.30. The number of nitrogens with zero attached hydrogens (tertiary/aromatic N) is 3. The van der Waals surface area contributed by atoms with Crippen LogP contribution in [-0.2, 0) is 0 Å². The van der Waals surface area contributed by atoms with Gasteiger partial charge >= 0.3 is 0 Å². The largest absolute Gasteiger partial charge is 0.396 e. The van der Waals surface area contributed by atoms with Crippen molar-refractivity contribution in [1.82, 2.24) is 9.97 Å². The van der Waals surface area contributed by atoms with Gasteiger partial charge in [-0.2, -0.15) is 0 Å². The molecule has 0 amide bonds. The van der Waals surface area contributed by atoms with Crippen molar-refractivity contribution in [3.63, 3.8) is 0 Å². The first-order valence-corrected chi connectivity index (χ1v) is 8.62. The monoisotopic (exact) mass is 335 g/mol. The number of para-hydroxylation sites is 1. The topological polar surface area (TPSA) is 69.5 Å². The van der Waals surface area contributed by atoms with E-state index >= 15 is 0 Å². The molecule has 4 rings (SSSR count). The molecule has 0 radical (unpaired) electrons. The third-order valence-corrected chi connectivity index (χ3v) is 4.87.